The number of carbonyl (C=O) groups excluding carboxylic acids is 2. The SMILES string of the molecule is CC(C)(C)OC(=O)NCC1CCN(C(=O)c2cc3cc(Cl)cc(NC4CCCC4)c3[nH]2)C1. The standard InChI is InChI=1S/C24H33ClN4O3/c1-24(2,3)32-23(31)26-13-15-8-9-29(14-15)22(30)20-11-16-10-17(25)12-19(21(16)28-20)27-18-6-4-5-7-18/h10-12,15,18,27-28H,4-9,13-14H2,1-3H3,(H,26,31). The van der Waals surface area contributed by atoms with Crippen LogP contribution in [0.5, 0.6) is 0 Å². The molecule has 2 aliphatic rings. The van der Waals surface area contributed by atoms with Crippen molar-refractivity contribution in [1.29, 1.82) is 0 Å². The lowest BCUT2D eigenvalue weighted by molar-refractivity contribution is 0.0520. The zero-order valence-corrected chi connectivity index (χ0v) is 19.8. The minimum atomic E-state index is -0.522. The number of nitrogens with one attached hydrogen (secondary N) is 3. The van der Waals surface area contributed by atoms with Gasteiger partial charge in [-0.2, -0.15) is 0 Å². The van der Waals surface area contributed by atoms with Gasteiger partial charge in [0, 0.05) is 36.1 Å². The van der Waals surface area contributed by atoms with Crippen molar-refractivity contribution in [3.8, 4) is 0 Å². The van der Waals surface area contributed by atoms with Crippen LogP contribution in [0.25, 0.3) is 10.9 Å². The summed E-state index contributed by atoms with van der Waals surface area (Å²) >= 11 is 6.35. The van der Waals surface area contributed by atoms with Crippen molar-refractivity contribution < 1.29 is 14.3 Å². The summed E-state index contributed by atoms with van der Waals surface area (Å²) in [5, 5.41) is 8.02. The molecule has 0 spiro atoms. The number of carbonyl (C=O) groups is 2. The molecule has 174 valence electrons. The van der Waals surface area contributed by atoms with Gasteiger partial charge in [-0.3, -0.25) is 4.79 Å². The highest BCUT2D eigenvalue weighted by Gasteiger charge is 2.29. The van der Waals surface area contributed by atoms with Crippen molar-refractivity contribution in [3.63, 3.8) is 0 Å². The molecular formula is C24H33ClN4O3. The van der Waals surface area contributed by atoms with Crippen LogP contribution in [-0.2, 0) is 4.74 Å². The van der Waals surface area contributed by atoms with Crippen LogP contribution in [0.3, 0.4) is 0 Å². The number of hydrogen-bond acceptors (Lipinski definition) is 4. The topological polar surface area (TPSA) is 86.5 Å². The van der Waals surface area contributed by atoms with Crippen molar-refractivity contribution in [2.24, 2.45) is 5.92 Å². The molecule has 8 heteroatoms. The normalized spacial score (nSPS) is 19.5. The second-order valence-electron chi connectivity index (χ2n) is 10.0. The predicted molar refractivity (Wildman–Crippen MR) is 127 cm³/mol. The number of alkyl carbamates (subject to hydrolysis) is 1. The number of rotatable bonds is 5. The highest BCUT2D eigenvalue weighted by Crippen LogP contribution is 2.32. The molecule has 1 atom stereocenters. The van der Waals surface area contributed by atoms with E-state index in [-0.39, 0.29) is 11.8 Å². The smallest absolute Gasteiger partial charge is 0.407 e. The Kier molecular flexibility index (Phi) is 6.56. The van der Waals surface area contributed by atoms with Crippen LogP contribution in [0, 0.1) is 5.92 Å². The fraction of sp³-hybridized carbons (Fsp3) is 0.583. The minimum Gasteiger partial charge on any atom is -0.444 e. The number of nitrogens with zero attached hydrogens (tertiary/aromatic N) is 1. The van der Waals surface area contributed by atoms with Crippen LogP contribution in [0.15, 0.2) is 18.2 Å². The third-order valence-electron chi connectivity index (χ3n) is 6.15. The summed E-state index contributed by atoms with van der Waals surface area (Å²) in [7, 11) is 0. The molecule has 3 N–H and O–H groups in total. The fourth-order valence-electron chi connectivity index (χ4n) is 4.62. The molecule has 1 saturated carbocycles. The Morgan fingerprint density at radius 1 is 1.19 bits per heavy atom. The number of likely N-dealkylation sites (tertiary alicyclic amines) is 1. The number of fused-ring (bicyclic) bond motifs is 1. The Labute approximate surface area is 194 Å². The Morgan fingerprint density at radius 2 is 1.94 bits per heavy atom. The first-order chi connectivity index (χ1) is 15.2. The maximum absolute atomic E-state index is 13.2. The van der Waals surface area contributed by atoms with E-state index in [1.165, 1.54) is 12.8 Å². The summed E-state index contributed by atoms with van der Waals surface area (Å²) in [6.07, 6.45) is 5.24. The van der Waals surface area contributed by atoms with E-state index in [9.17, 15) is 9.59 Å². The molecule has 7 nitrogen and oxygen atoms in total. The molecule has 1 unspecified atom stereocenters. The first-order valence-corrected chi connectivity index (χ1v) is 11.9. The van der Waals surface area contributed by atoms with Gasteiger partial charge in [0.1, 0.15) is 11.3 Å². The zero-order chi connectivity index (χ0) is 22.9. The number of hydrogen-bond donors (Lipinski definition) is 3. The van der Waals surface area contributed by atoms with Crippen molar-refractivity contribution in [2.45, 2.75) is 64.5 Å². The molecule has 2 aromatic rings. The number of amides is 2. The van der Waals surface area contributed by atoms with Crippen LogP contribution in [0.2, 0.25) is 5.02 Å². The number of aromatic nitrogens is 1. The first kappa shape index (κ1) is 22.8. The number of H-pyrrole nitrogens is 1. The van der Waals surface area contributed by atoms with E-state index in [2.05, 4.69) is 15.6 Å². The molecular weight excluding hydrogens is 428 g/mol. The van der Waals surface area contributed by atoms with Crippen molar-refractivity contribution >= 4 is 40.2 Å². The third kappa shape index (κ3) is 5.49. The van der Waals surface area contributed by atoms with Gasteiger partial charge >= 0.3 is 6.09 Å². The van der Waals surface area contributed by atoms with Gasteiger partial charge in [-0.15, -0.1) is 0 Å². The van der Waals surface area contributed by atoms with E-state index in [0.717, 1.165) is 35.9 Å². The molecule has 1 aromatic carbocycles. The lowest BCUT2D eigenvalue weighted by Gasteiger charge is -2.21. The second-order valence-corrected chi connectivity index (χ2v) is 10.5. The number of benzene rings is 1. The molecule has 1 aromatic heterocycles. The second kappa shape index (κ2) is 9.22. The molecule has 0 radical (unpaired) electrons. The third-order valence-corrected chi connectivity index (χ3v) is 6.36. The average Bonchev–Trinajstić information content (AvgIpc) is 3.45. The number of ether oxygens (including phenoxy) is 1. The molecule has 2 heterocycles. The molecule has 0 bridgehead atoms. The van der Waals surface area contributed by atoms with E-state index in [0.29, 0.717) is 36.4 Å². The highest BCUT2D eigenvalue weighted by atomic mass is 35.5. The van der Waals surface area contributed by atoms with Crippen LogP contribution in [0.4, 0.5) is 10.5 Å². The maximum Gasteiger partial charge on any atom is 0.407 e. The molecule has 32 heavy (non-hydrogen) atoms. The van der Waals surface area contributed by atoms with E-state index in [4.69, 9.17) is 16.3 Å². The summed E-state index contributed by atoms with van der Waals surface area (Å²) < 4.78 is 5.29. The van der Waals surface area contributed by atoms with Gasteiger partial charge in [0.05, 0.1) is 11.2 Å². The largest absolute Gasteiger partial charge is 0.444 e. The molecule has 4 rings (SSSR count). The van der Waals surface area contributed by atoms with Crippen LogP contribution >= 0.6 is 11.6 Å². The van der Waals surface area contributed by atoms with Crippen LogP contribution in [0.1, 0.15) is 63.4 Å². The Morgan fingerprint density at radius 3 is 2.66 bits per heavy atom. The summed E-state index contributed by atoms with van der Waals surface area (Å²) in [6.45, 7) is 7.29. The number of anilines is 1. The van der Waals surface area contributed by atoms with Gasteiger partial charge in [-0.25, -0.2) is 4.79 Å². The summed E-state index contributed by atoms with van der Waals surface area (Å²) in [5.74, 6) is 0.189. The quantitative estimate of drug-likeness (QED) is 0.575. The summed E-state index contributed by atoms with van der Waals surface area (Å²) in [6, 6.07) is 6.16. The van der Waals surface area contributed by atoms with E-state index < -0.39 is 11.7 Å². The maximum atomic E-state index is 13.2. The lowest BCUT2D eigenvalue weighted by atomic mass is 10.1. The number of aromatic amines is 1. The van der Waals surface area contributed by atoms with Gasteiger partial charge in [-0.1, -0.05) is 24.4 Å². The highest BCUT2D eigenvalue weighted by molar-refractivity contribution is 6.32. The predicted octanol–water partition coefficient (Wildman–Crippen LogP) is 5.16. The molecule has 1 saturated heterocycles. The summed E-state index contributed by atoms with van der Waals surface area (Å²) in [5.41, 5.74) is 1.93. The minimum absolute atomic E-state index is 0.0242. The zero-order valence-electron chi connectivity index (χ0n) is 19.1. The first-order valence-electron chi connectivity index (χ1n) is 11.5. The van der Waals surface area contributed by atoms with Crippen LogP contribution in [-0.4, -0.2) is 53.2 Å². The number of halogens is 1. The Hall–Kier alpha value is -2.41. The monoisotopic (exact) mass is 460 g/mol. The van der Waals surface area contributed by atoms with Crippen molar-refractivity contribution in [1.82, 2.24) is 15.2 Å². The van der Waals surface area contributed by atoms with Crippen molar-refractivity contribution in [3.05, 3.63) is 28.9 Å². The van der Waals surface area contributed by atoms with Crippen LogP contribution < -0.4 is 10.6 Å². The van der Waals surface area contributed by atoms with Gasteiger partial charge in [0.15, 0.2) is 0 Å². The Bertz CT molecular complexity index is 991. The molecule has 2 amide bonds. The molecule has 2 fully saturated rings. The lowest BCUT2D eigenvalue weighted by Crippen LogP contribution is -2.36. The van der Waals surface area contributed by atoms with Gasteiger partial charge in [-0.05, 0) is 64.2 Å². The van der Waals surface area contributed by atoms with Crippen molar-refractivity contribution in [2.75, 3.05) is 25.0 Å². The van der Waals surface area contributed by atoms with E-state index in [1.54, 1.807) is 0 Å². The van der Waals surface area contributed by atoms with E-state index >= 15 is 0 Å². The fourth-order valence-corrected chi connectivity index (χ4v) is 4.85. The van der Waals surface area contributed by atoms with Gasteiger partial charge in [0.2, 0.25) is 0 Å². The van der Waals surface area contributed by atoms with Gasteiger partial charge < -0.3 is 25.3 Å². The van der Waals surface area contributed by atoms with E-state index in [1.807, 2.05) is 43.9 Å². The average molecular weight is 461 g/mol. The Balaban J connectivity index is 1.40. The molecule has 1 aliphatic carbocycles. The van der Waals surface area contributed by atoms with Gasteiger partial charge in [0.25, 0.3) is 5.91 Å². The summed E-state index contributed by atoms with van der Waals surface area (Å²) in [4.78, 5) is 30.2. The molecule has 1 aliphatic heterocycles.